The smallest absolute Gasteiger partial charge is 0.229 e. The van der Waals surface area contributed by atoms with Gasteiger partial charge in [0.1, 0.15) is 6.10 Å². The van der Waals surface area contributed by atoms with Gasteiger partial charge in [-0.3, -0.25) is 4.90 Å². The first-order valence-corrected chi connectivity index (χ1v) is 7.58. The number of ether oxygens (including phenoxy) is 1. The van der Waals surface area contributed by atoms with E-state index in [0.717, 1.165) is 44.8 Å². The Morgan fingerprint density at radius 3 is 2.90 bits per heavy atom. The van der Waals surface area contributed by atoms with E-state index in [4.69, 9.17) is 15.0 Å². The molecule has 2 fully saturated rings. The van der Waals surface area contributed by atoms with Crippen LogP contribution < -0.4 is 5.73 Å². The van der Waals surface area contributed by atoms with Crippen LogP contribution in [0.15, 0.2) is 4.52 Å². The van der Waals surface area contributed by atoms with Crippen LogP contribution in [0.1, 0.15) is 56.8 Å². The van der Waals surface area contributed by atoms with Gasteiger partial charge in [0.25, 0.3) is 0 Å². The van der Waals surface area contributed by atoms with Crippen LogP contribution in [-0.2, 0) is 4.74 Å². The molecule has 0 aromatic carbocycles. The summed E-state index contributed by atoms with van der Waals surface area (Å²) in [5.74, 6) is 1.75. The molecule has 0 radical (unpaired) electrons. The van der Waals surface area contributed by atoms with Crippen LogP contribution in [0.5, 0.6) is 0 Å². The quantitative estimate of drug-likeness (QED) is 0.903. The van der Waals surface area contributed by atoms with Crippen LogP contribution >= 0.6 is 0 Å². The number of hydrogen-bond donors (Lipinski definition) is 1. The molecule has 1 saturated heterocycles. The van der Waals surface area contributed by atoms with E-state index in [0.29, 0.717) is 17.8 Å². The van der Waals surface area contributed by atoms with Gasteiger partial charge < -0.3 is 15.0 Å². The zero-order valence-electron chi connectivity index (χ0n) is 12.3. The first-order valence-electron chi connectivity index (χ1n) is 7.58. The molecule has 2 heterocycles. The Labute approximate surface area is 119 Å². The van der Waals surface area contributed by atoms with Crippen LogP contribution in [0.4, 0.5) is 0 Å². The fourth-order valence-electron chi connectivity index (χ4n) is 3.08. The highest BCUT2D eigenvalue weighted by Crippen LogP contribution is 2.33. The van der Waals surface area contributed by atoms with E-state index in [9.17, 15) is 0 Å². The highest BCUT2D eigenvalue weighted by Gasteiger charge is 2.31. The van der Waals surface area contributed by atoms with Gasteiger partial charge in [-0.2, -0.15) is 4.98 Å². The molecule has 1 saturated carbocycles. The van der Waals surface area contributed by atoms with Gasteiger partial charge in [0.15, 0.2) is 0 Å². The average molecular weight is 280 g/mol. The molecule has 1 aliphatic carbocycles. The van der Waals surface area contributed by atoms with Gasteiger partial charge in [-0.15, -0.1) is 0 Å². The molecule has 0 bridgehead atoms. The molecule has 2 aliphatic rings. The molecule has 0 amide bonds. The molecule has 2 N–H and O–H groups in total. The Balaban J connectivity index is 1.67. The molecular formula is C14H24N4O2. The number of rotatable bonds is 3. The minimum atomic E-state index is -0.0706. The van der Waals surface area contributed by atoms with Crippen LogP contribution in [0.3, 0.4) is 0 Å². The van der Waals surface area contributed by atoms with E-state index in [1.165, 1.54) is 0 Å². The fraction of sp³-hybridized carbons (Fsp3) is 0.857. The molecule has 112 valence electrons. The monoisotopic (exact) mass is 280 g/mol. The van der Waals surface area contributed by atoms with Crippen molar-refractivity contribution in [1.29, 1.82) is 0 Å². The van der Waals surface area contributed by atoms with Crippen molar-refractivity contribution in [3.05, 3.63) is 11.7 Å². The normalized spacial score (nSPS) is 32.1. The van der Waals surface area contributed by atoms with Crippen LogP contribution in [-0.4, -0.2) is 46.8 Å². The molecule has 1 aliphatic heterocycles. The largest absolute Gasteiger partial charge is 0.367 e. The molecule has 1 aromatic rings. The van der Waals surface area contributed by atoms with Crippen molar-refractivity contribution < 1.29 is 9.26 Å². The highest BCUT2D eigenvalue weighted by molar-refractivity contribution is 5.01. The van der Waals surface area contributed by atoms with Crippen molar-refractivity contribution in [2.45, 2.75) is 57.2 Å². The maximum Gasteiger partial charge on any atom is 0.229 e. The Morgan fingerprint density at radius 1 is 1.35 bits per heavy atom. The maximum atomic E-state index is 5.94. The first kappa shape index (κ1) is 14.0. The summed E-state index contributed by atoms with van der Waals surface area (Å²) in [6, 6.07) is 0.790. The summed E-state index contributed by atoms with van der Waals surface area (Å²) < 4.78 is 11.2. The summed E-state index contributed by atoms with van der Waals surface area (Å²) in [6.07, 6.45) is 2.97. The molecule has 1 aromatic heterocycles. The second-order valence-electron chi connectivity index (χ2n) is 6.21. The summed E-state index contributed by atoms with van der Waals surface area (Å²) in [5.41, 5.74) is 5.94. The molecular weight excluding hydrogens is 256 g/mol. The lowest BCUT2D eigenvalue weighted by atomic mass is 10.1. The minimum absolute atomic E-state index is 0.0706. The second kappa shape index (κ2) is 5.79. The number of nitrogens with zero attached hydrogens (tertiary/aromatic N) is 3. The Bertz CT molecular complexity index is 448. The standard InChI is InChI=1S/C14H24N4O2/c1-9(2)18-5-6-19-12(8-18)13-16-14(20-17-13)10-3-4-11(15)7-10/h9-12H,3-8,15H2,1-2H3. The molecule has 6 heteroatoms. The predicted octanol–water partition coefficient (Wildman–Crippen LogP) is 1.45. The lowest BCUT2D eigenvalue weighted by Crippen LogP contribution is -2.42. The molecule has 3 rings (SSSR count). The maximum absolute atomic E-state index is 5.94. The van der Waals surface area contributed by atoms with E-state index in [-0.39, 0.29) is 12.1 Å². The summed E-state index contributed by atoms with van der Waals surface area (Å²) in [7, 11) is 0. The molecule has 20 heavy (non-hydrogen) atoms. The number of aromatic nitrogens is 2. The van der Waals surface area contributed by atoms with Crippen molar-refractivity contribution in [1.82, 2.24) is 15.0 Å². The van der Waals surface area contributed by atoms with Gasteiger partial charge in [-0.1, -0.05) is 5.16 Å². The van der Waals surface area contributed by atoms with Crippen molar-refractivity contribution in [3.8, 4) is 0 Å². The Hall–Kier alpha value is -0.980. The summed E-state index contributed by atoms with van der Waals surface area (Å²) in [4.78, 5) is 6.94. The number of morpholine rings is 1. The minimum Gasteiger partial charge on any atom is -0.367 e. The number of nitrogens with two attached hydrogens (primary N) is 1. The van der Waals surface area contributed by atoms with Crippen LogP contribution in [0, 0.1) is 0 Å². The van der Waals surface area contributed by atoms with Gasteiger partial charge in [0.2, 0.25) is 11.7 Å². The van der Waals surface area contributed by atoms with Crippen LogP contribution in [0.25, 0.3) is 0 Å². The molecule has 0 spiro atoms. The van der Waals surface area contributed by atoms with E-state index < -0.39 is 0 Å². The van der Waals surface area contributed by atoms with Crippen molar-refractivity contribution >= 4 is 0 Å². The lowest BCUT2D eigenvalue weighted by molar-refractivity contribution is -0.0450. The zero-order chi connectivity index (χ0) is 14.1. The lowest BCUT2D eigenvalue weighted by Gasteiger charge is -2.34. The van der Waals surface area contributed by atoms with Gasteiger partial charge in [0, 0.05) is 31.1 Å². The second-order valence-corrected chi connectivity index (χ2v) is 6.21. The third-order valence-corrected chi connectivity index (χ3v) is 4.40. The molecule has 3 atom stereocenters. The third kappa shape index (κ3) is 2.87. The first-order chi connectivity index (χ1) is 9.63. The molecule has 3 unspecified atom stereocenters. The van der Waals surface area contributed by atoms with Gasteiger partial charge in [0.05, 0.1) is 6.61 Å². The Morgan fingerprint density at radius 2 is 2.20 bits per heavy atom. The highest BCUT2D eigenvalue weighted by atomic mass is 16.5. The zero-order valence-corrected chi connectivity index (χ0v) is 12.3. The topological polar surface area (TPSA) is 77.4 Å². The predicted molar refractivity (Wildman–Crippen MR) is 74.3 cm³/mol. The summed E-state index contributed by atoms with van der Waals surface area (Å²) >= 11 is 0. The van der Waals surface area contributed by atoms with Crippen molar-refractivity contribution in [3.63, 3.8) is 0 Å². The SMILES string of the molecule is CC(C)N1CCOC(c2noc(C3CCC(N)C3)n2)C1. The van der Waals surface area contributed by atoms with E-state index in [2.05, 4.69) is 28.9 Å². The van der Waals surface area contributed by atoms with Crippen molar-refractivity contribution in [2.24, 2.45) is 5.73 Å². The van der Waals surface area contributed by atoms with E-state index >= 15 is 0 Å². The Kier molecular flexibility index (Phi) is 4.05. The van der Waals surface area contributed by atoms with Gasteiger partial charge >= 0.3 is 0 Å². The van der Waals surface area contributed by atoms with Crippen molar-refractivity contribution in [2.75, 3.05) is 19.7 Å². The average Bonchev–Trinajstić information content (AvgIpc) is 3.07. The number of hydrogen-bond acceptors (Lipinski definition) is 6. The van der Waals surface area contributed by atoms with Crippen LogP contribution in [0.2, 0.25) is 0 Å². The van der Waals surface area contributed by atoms with Gasteiger partial charge in [-0.25, -0.2) is 0 Å². The summed E-state index contributed by atoms with van der Waals surface area (Å²) in [5, 5.41) is 4.12. The third-order valence-electron chi connectivity index (χ3n) is 4.40. The molecule has 6 nitrogen and oxygen atoms in total. The fourth-order valence-corrected chi connectivity index (χ4v) is 3.08. The van der Waals surface area contributed by atoms with E-state index in [1.807, 2.05) is 0 Å². The summed E-state index contributed by atoms with van der Waals surface area (Å²) in [6.45, 7) is 6.92. The van der Waals surface area contributed by atoms with E-state index in [1.54, 1.807) is 0 Å². The van der Waals surface area contributed by atoms with Gasteiger partial charge in [-0.05, 0) is 33.1 Å².